The summed E-state index contributed by atoms with van der Waals surface area (Å²) in [6.45, 7) is 3.59. The Morgan fingerprint density at radius 1 is 1.07 bits per heavy atom. The Kier molecular flexibility index (Phi) is 8.17. The van der Waals surface area contributed by atoms with E-state index in [4.69, 9.17) is 4.74 Å². The number of carbonyl (C=O) groups excluding carboxylic acids is 2. The molecule has 0 aliphatic heterocycles. The monoisotopic (exact) mass is 410 g/mol. The van der Waals surface area contributed by atoms with Crippen LogP contribution < -0.4 is 15.4 Å². The molecule has 0 heterocycles. The Labute approximate surface area is 175 Å². The van der Waals surface area contributed by atoms with Gasteiger partial charge in [0, 0.05) is 5.56 Å². The number of hydrogen-bond acceptors (Lipinski definition) is 4. The number of hydrogen-bond donors (Lipinski definition) is 3. The predicted octanol–water partition coefficient (Wildman–Crippen LogP) is 3.08. The van der Waals surface area contributed by atoms with E-state index in [1.807, 2.05) is 13.0 Å². The fourth-order valence-electron chi connectivity index (χ4n) is 2.71. The molecule has 3 N–H and O–H groups in total. The number of carbonyl (C=O) groups is 3. The van der Waals surface area contributed by atoms with Crippen molar-refractivity contribution in [3.63, 3.8) is 0 Å². The van der Waals surface area contributed by atoms with Crippen LogP contribution in [-0.4, -0.2) is 36.0 Å². The summed E-state index contributed by atoms with van der Waals surface area (Å²) in [7, 11) is 1.52. The third kappa shape index (κ3) is 6.20. The summed E-state index contributed by atoms with van der Waals surface area (Å²) in [5.74, 6) is -1.97. The molecule has 0 saturated heterocycles. The number of carboxylic acids is 1. The summed E-state index contributed by atoms with van der Waals surface area (Å²) < 4.78 is 5.08. The molecule has 7 nitrogen and oxygen atoms in total. The molecule has 2 amide bonds. The van der Waals surface area contributed by atoms with E-state index in [1.165, 1.54) is 13.2 Å². The molecule has 0 bridgehead atoms. The molecule has 0 fully saturated rings. The average Bonchev–Trinajstić information content (AvgIpc) is 2.76. The van der Waals surface area contributed by atoms with E-state index in [2.05, 4.69) is 10.6 Å². The minimum absolute atomic E-state index is 0.0448. The maximum Gasteiger partial charge on any atom is 0.326 e. The fraction of sp³-hybridized carbons (Fsp3) is 0.261. The number of ether oxygens (including phenoxy) is 1. The zero-order chi connectivity index (χ0) is 22.1. The molecule has 0 aromatic heterocycles. The van der Waals surface area contributed by atoms with Gasteiger partial charge in [-0.3, -0.25) is 9.59 Å². The first-order valence-electron chi connectivity index (χ1n) is 9.61. The molecule has 0 radical (unpaired) electrons. The van der Waals surface area contributed by atoms with Gasteiger partial charge in [0.05, 0.1) is 7.11 Å². The molecule has 0 aliphatic rings. The largest absolute Gasteiger partial charge is 0.497 e. The van der Waals surface area contributed by atoms with Crippen LogP contribution in [0.25, 0.3) is 6.08 Å². The maximum absolute atomic E-state index is 12.9. The van der Waals surface area contributed by atoms with Crippen LogP contribution in [0.1, 0.15) is 36.2 Å². The molecule has 158 valence electrons. The minimum atomic E-state index is -1.13. The van der Waals surface area contributed by atoms with E-state index >= 15 is 0 Å². The zero-order valence-electron chi connectivity index (χ0n) is 17.2. The molecule has 0 aliphatic carbocycles. The lowest BCUT2D eigenvalue weighted by atomic mass is 9.99. The molecule has 0 unspecified atom stereocenters. The van der Waals surface area contributed by atoms with E-state index in [-0.39, 0.29) is 11.6 Å². The number of nitrogens with one attached hydrogen (secondary N) is 2. The molecule has 30 heavy (non-hydrogen) atoms. The lowest BCUT2D eigenvalue weighted by molar-refractivity contribution is -0.142. The second kappa shape index (κ2) is 10.8. The quantitative estimate of drug-likeness (QED) is 0.551. The SMILES string of the molecule is CC[C@@H](C)[C@@H](NC(=O)/C(=C\c1ccccc1)NC(=O)c1ccc(OC)cc1)C(=O)O. The van der Waals surface area contributed by atoms with Gasteiger partial charge >= 0.3 is 5.97 Å². The van der Waals surface area contributed by atoms with Gasteiger partial charge in [-0.15, -0.1) is 0 Å². The number of carboxylic acid groups (broad SMARTS) is 1. The van der Waals surface area contributed by atoms with Crippen molar-refractivity contribution in [2.45, 2.75) is 26.3 Å². The van der Waals surface area contributed by atoms with Crippen LogP contribution in [0.4, 0.5) is 0 Å². The number of benzene rings is 2. The highest BCUT2D eigenvalue weighted by molar-refractivity contribution is 6.06. The van der Waals surface area contributed by atoms with Gasteiger partial charge in [0.25, 0.3) is 11.8 Å². The highest BCUT2D eigenvalue weighted by atomic mass is 16.5. The number of amides is 2. The molecule has 2 atom stereocenters. The van der Waals surface area contributed by atoms with Crippen LogP contribution in [-0.2, 0) is 9.59 Å². The maximum atomic E-state index is 12.9. The van der Waals surface area contributed by atoms with Crippen molar-refractivity contribution in [3.05, 3.63) is 71.4 Å². The Morgan fingerprint density at radius 2 is 1.70 bits per heavy atom. The van der Waals surface area contributed by atoms with Crippen molar-refractivity contribution >= 4 is 23.9 Å². The van der Waals surface area contributed by atoms with Crippen LogP contribution >= 0.6 is 0 Å². The number of aliphatic carboxylic acids is 1. The van der Waals surface area contributed by atoms with Gasteiger partial charge < -0.3 is 20.5 Å². The fourth-order valence-corrected chi connectivity index (χ4v) is 2.71. The van der Waals surface area contributed by atoms with E-state index in [9.17, 15) is 19.5 Å². The smallest absolute Gasteiger partial charge is 0.326 e. The first-order chi connectivity index (χ1) is 14.3. The summed E-state index contributed by atoms with van der Waals surface area (Å²) in [6.07, 6.45) is 2.08. The average molecular weight is 410 g/mol. The Hall–Kier alpha value is -3.61. The first-order valence-corrected chi connectivity index (χ1v) is 9.61. The van der Waals surface area contributed by atoms with Crippen molar-refractivity contribution in [2.75, 3.05) is 7.11 Å². The van der Waals surface area contributed by atoms with Gasteiger partial charge in [-0.2, -0.15) is 0 Å². The van der Waals surface area contributed by atoms with Gasteiger partial charge in [-0.05, 0) is 41.8 Å². The second-order valence-corrected chi connectivity index (χ2v) is 6.83. The standard InChI is InChI=1S/C23H26N2O5/c1-4-15(2)20(23(28)29)25-22(27)19(14-16-8-6-5-7-9-16)24-21(26)17-10-12-18(30-3)13-11-17/h5-15,20H,4H2,1-3H3,(H,24,26)(H,25,27)(H,28,29)/b19-14+/t15-,20-/m1/s1. The summed E-state index contributed by atoms with van der Waals surface area (Å²) in [5.41, 5.74) is 0.976. The molecule has 7 heteroatoms. The molecular formula is C23H26N2O5. The third-order valence-corrected chi connectivity index (χ3v) is 4.72. The third-order valence-electron chi connectivity index (χ3n) is 4.72. The molecule has 2 aromatic rings. The highest BCUT2D eigenvalue weighted by Crippen LogP contribution is 2.13. The molecule has 2 rings (SSSR count). The van der Waals surface area contributed by atoms with Gasteiger partial charge in [0.2, 0.25) is 0 Å². The summed E-state index contributed by atoms with van der Waals surface area (Å²) in [6, 6.07) is 14.3. The summed E-state index contributed by atoms with van der Waals surface area (Å²) in [4.78, 5) is 37.1. The van der Waals surface area contributed by atoms with E-state index in [0.717, 1.165) is 0 Å². The normalized spacial score (nSPS) is 13.1. The zero-order valence-corrected chi connectivity index (χ0v) is 17.2. The van der Waals surface area contributed by atoms with Crippen molar-refractivity contribution in [2.24, 2.45) is 5.92 Å². The molecular weight excluding hydrogens is 384 g/mol. The Morgan fingerprint density at radius 3 is 2.23 bits per heavy atom. The van der Waals surface area contributed by atoms with Gasteiger partial charge in [0.1, 0.15) is 17.5 Å². The lowest BCUT2D eigenvalue weighted by Gasteiger charge is -2.21. The summed E-state index contributed by atoms with van der Waals surface area (Å²) >= 11 is 0. The van der Waals surface area contributed by atoms with Crippen molar-refractivity contribution in [1.29, 1.82) is 0 Å². The van der Waals surface area contributed by atoms with Crippen LogP contribution in [0.2, 0.25) is 0 Å². The molecule has 0 saturated carbocycles. The van der Waals surface area contributed by atoms with E-state index in [1.54, 1.807) is 55.5 Å². The molecule has 2 aromatic carbocycles. The Balaban J connectivity index is 2.30. The molecule has 0 spiro atoms. The first kappa shape index (κ1) is 22.7. The number of rotatable bonds is 9. The van der Waals surface area contributed by atoms with Gasteiger partial charge in [0.15, 0.2) is 0 Å². The number of methoxy groups -OCH3 is 1. The second-order valence-electron chi connectivity index (χ2n) is 6.83. The van der Waals surface area contributed by atoms with Crippen molar-refractivity contribution < 1.29 is 24.2 Å². The van der Waals surface area contributed by atoms with Crippen molar-refractivity contribution in [3.8, 4) is 5.75 Å². The van der Waals surface area contributed by atoms with Gasteiger partial charge in [-0.1, -0.05) is 50.6 Å². The topological polar surface area (TPSA) is 105 Å². The van der Waals surface area contributed by atoms with E-state index < -0.39 is 23.8 Å². The van der Waals surface area contributed by atoms with Crippen LogP contribution in [0.3, 0.4) is 0 Å². The van der Waals surface area contributed by atoms with Crippen LogP contribution in [0.15, 0.2) is 60.3 Å². The lowest BCUT2D eigenvalue weighted by Crippen LogP contribution is -2.47. The van der Waals surface area contributed by atoms with Gasteiger partial charge in [-0.25, -0.2) is 4.79 Å². The predicted molar refractivity (Wildman–Crippen MR) is 114 cm³/mol. The minimum Gasteiger partial charge on any atom is -0.497 e. The Bertz CT molecular complexity index is 907. The highest BCUT2D eigenvalue weighted by Gasteiger charge is 2.27. The van der Waals surface area contributed by atoms with Crippen LogP contribution in [0.5, 0.6) is 5.75 Å². The van der Waals surface area contributed by atoms with Crippen molar-refractivity contribution in [1.82, 2.24) is 10.6 Å². The van der Waals surface area contributed by atoms with Crippen LogP contribution in [0, 0.1) is 5.92 Å². The van der Waals surface area contributed by atoms with E-state index in [0.29, 0.717) is 23.3 Å². The summed E-state index contributed by atoms with van der Waals surface area (Å²) in [5, 5.41) is 14.6.